The summed E-state index contributed by atoms with van der Waals surface area (Å²) in [4.78, 5) is 27.5. The van der Waals surface area contributed by atoms with E-state index < -0.39 is 0 Å². The lowest BCUT2D eigenvalue weighted by atomic mass is 10.2. The van der Waals surface area contributed by atoms with Crippen molar-refractivity contribution in [3.8, 4) is 0 Å². The van der Waals surface area contributed by atoms with Crippen LogP contribution < -0.4 is 10.9 Å². The lowest BCUT2D eigenvalue weighted by Crippen LogP contribution is -2.25. The summed E-state index contributed by atoms with van der Waals surface area (Å²) in [7, 11) is 0. The minimum atomic E-state index is -0.121. The van der Waals surface area contributed by atoms with E-state index in [1.54, 1.807) is 6.07 Å². The summed E-state index contributed by atoms with van der Waals surface area (Å²) in [6.45, 7) is 0.924. The molecule has 128 valence electrons. The topological polar surface area (TPSA) is 66.9 Å². The van der Waals surface area contributed by atoms with E-state index in [1.807, 2.05) is 48.5 Å². The molecule has 1 heterocycles. The first-order valence-electron chi connectivity index (χ1n) is 8.17. The van der Waals surface area contributed by atoms with Gasteiger partial charge in [-0.25, -0.2) is 0 Å². The van der Waals surface area contributed by atoms with E-state index in [-0.39, 0.29) is 11.5 Å². The number of aromatic nitrogens is 2. The van der Waals surface area contributed by atoms with Gasteiger partial charge in [0.2, 0.25) is 5.91 Å². The van der Waals surface area contributed by atoms with Crippen molar-refractivity contribution in [2.24, 2.45) is 0 Å². The first-order valence-corrected chi connectivity index (χ1v) is 8.58. The molecule has 1 amide bonds. The Morgan fingerprint density at radius 3 is 2.60 bits per heavy atom. The largest absolute Gasteiger partial charge is 0.352 e. The molecule has 0 aliphatic rings. The quantitative estimate of drug-likeness (QED) is 0.669. The third kappa shape index (κ3) is 4.22. The summed E-state index contributed by atoms with van der Waals surface area (Å²) in [6, 6.07) is 17.0. The van der Waals surface area contributed by atoms with Crippen LogP contribution in [0.15, 0.2) is 59.4 Å². The number of aromatic amines is 1. The molecule has 0 saturated heterocycles. The van der Waals surface area contributed by atoms with Crippen LogP contribution in [0.5, 0.6) is 0 Å². The van der Waals surface area contributed by atoms with Gasteiger partial charge in [0.05, 0.1) is 10.9 Å². The zero-order chi connectivity index (χ0) is 17.6. The summed E-state index contributed by atoms with van der Waals surface area (Å²) in [5.41, 5.74) is 1.67. The third-order valence-corrected chi connectivity index (χ3v) is 4.33. The van der Waals surface area contributed by atoms with Gasteiger partial charge >= 0.3 is 0 Å². The van der Waals surface area contributed by atoms with E-state index in [1.165, 1.54) is 4.57 Å². The SMILES string of the molecule is O=C(CCCn1c(=S)[nH]c2ccccc2c1=O)NCc1ccccc1. The highest BCUT2D eigenvalue weighted by Gasteiger charge is 2.06. The van der Waals surface area contributed by atoms with Crippen LogP contribution in [0.4, 0.5) is 0 Å². The number of hydrogen-bond acceptors (Lipinski definition) is 3. The monoisotopic (exact) mass is 353 g/mol. The number of rotatable bonds is 6. The van der Waals surface area contributed by atoms with Gasteiger partial charge in [0.15, 0.2) is 4.77 Å². The van der Waals surface area contributed by atoms with Crippen LogP contribution in [0.1, 0.15) is 18.4 Å². The molecule has 0 saturated carbocycles. The van der Waals surface area contributed by atoms with Gasteiger partial charge in [-0.2, -0.15) is 0 Å². The van der Waals surface area contributed by atoms with Gasteiger partial charge in [-0.3, -0.25) is 14.2 Å². The summed E-state index contributed by atoms with van der Waals surface area (Å²) >= 11 is 5.27. The van der Waals surface area contributed by atoms with Crippen molar-refractivity contribution in [1.82, 2.24) is 14.9 Å². The second-order valence-corrected chi connectivity index (χ2v) is 6.19. The minimum absolute atomic E-state index is 0.0346. The number of amides is 1. The molecule has 2 aromatic carbocycles. The van der Waals surface area contributed by atoms with Crippen molar-refractivity contribution >= 4 is 29.0 Å². The molecule has 0 radical (unpaired) electrons. The molecule has 2 N–H and O–H groups in total. The number of fused-ring (bicyclic) bond motifs is 1. The molecule has 0 fully saturated rings. The van der Waals surface area contributed by atoms with Crippen molar-refractivity contribution in [2.45, 2.75) is 25.9 Å². The molecule has 0 bridgehead atoms. The van der Waals surface area contributed by atoms with Crippen LogP contribution in [-0.4, -0.2) is 15.5 Å². The highest BCUT2D eigenvalue weighted by molar-refractivity contribution is 7.71. The van der Waals surface area contributed by atoms with Crippen molar-refractivity contribution in [3.05, 3.63) is 75.3 Å². The van der Waals surface area contributed by atoms with Crippen molar-refractivity contribution in [3.63, 3.8) is 0 Å². The number of hydrogen-bond donors (Lipinski definition) is 2. The van der Waals surface area contributed by atoms with E-state index in [9.17, 15) is 9.59 Å². The molecule has 0 unspecified atom stereocenters. The predicted molar refractivity (Wildman–Crippen MR) is 101 cm³/mol. The normalized spacial score (nSPS) is 10.7. The maximum Gasteiger partial charge on any atom is 0.262 e. The minimum Gasteiger partial charge on any atom is -0.352 e. The van der Waals surface area contributed by atoms with Gasteiger partial charge in [-0.1, -0.05) is 42.5 Å². The second kappa shape index (κ2) is 7.90. The maximum atomic E-state index is 12.5. The Morgan fingerprint density at radius 2 is 1.80 bits per heavy atom. The molecule has 3 aromatic rings. The zero-order valence-electron chi connectivity index (χ0n) is 13.7. The average Bonchev–Trinajstić information content (AvgIpc) is 2.63. The molecule has 5 nitrogen and oxygen atoms in total. The van der Waals surface area contributed by atoms with E-state index in [0.717, 1.165) is 11.1 Å². The molecule has 25 heavy (non-hydrogen) atoms. The fourth-order valence-corrected chi connectivity index (χ4v) is 2.97. The van der Waals surface area contributed by atoms with Gasteiger partial charge < -0.3 is 10.3 Å². The number of nitrogens with one attached hydrogen (secondary N) is 2. The van der Waals surface area contributed by atoms with Crippen molar-refractivity contribution < 1.29 is 4.79 Å². The number of para-hydroxylation sites is 1. The Hall–Kier alpha value is -2.73. The van der Waals surface area contributed by atoms with Crippen molar-refractivity contribution in [2.75, 3.05) is 0 Å². The lowest BCUT2D eigenvalue weighted by molar-refractivity contribution is -0.121. The van der Waals surface area contributed by atoms with Crippen LogP contribution in [0.2, 0.25) is 0 Å². The predicted octanol–water partition coefficient (Wildman–Crippen LogP) is 3.16. The Labute approximate surface area is 150 Å². The molecule has 0 aliphatic carbocycles. The van der Waals surface area contributed by atoms with Crippen LogP contribution in [0.25, 0.3) is 10.9 Å². The molecule has 0 atom stereocenters. The fraction of sp³-hybridized carbons (Fsp3) is 0.211. The summed E-state index contributed by atoms with van der Waals surface area (Å²) < 4.78 is 1.90. The van der Waals surface area contributed by atoms with Gasteiger partial charge in [-0.05, 0) is 36.3 Å². The number of carbonyl (C=O) groups is 1. The van der Waals surface area contributed by atoms with Gasteiger partial charge in [0.25, 0.3) is 5.56 Å². The Balaban J connectivity index is 1.59. The smallest absolute Gasteiger partial charge is 0.262 e. The Kier molecular flexibility index (Phi) is 5.40. The summed E-state index contributed by atoms with van der Waals surface area (Å²) in [6.07, 6.45) is 0.900. The van der Waals surface area contributed by atoms with Gasteiger partial charge in [-0.15, -0.1) is 0 Å². The second-order valence-electron chi connectivity index (χ2n) is 5.80. The molecule has 1 aromatic heterocycles. The lowest BCUT2D eigenvalue weighted by Gasteiger charge is -2.08. The number of benzene rings is 2. The number of carbonyl (C=O) groups excluding carboxylic acids is 1. The highest BCUT2D eigenvalue weighted by atomic mass is 32.1. The van der Waals surface area contributed by atoms with Gasteiger partial charge in [0, 0.05) is 19.5 Å². The zero-order valence-corrected chi connectivity index (χ0v) is 14.5. The van der Waals surface area contributed by atoms with E-state index in [2.05, 4.69) is 10.3 Å². The maximum absolute atomic E-state index is 12.5. The standard InChI is InChI=1S/C19H19N3O2S/c23-17(20-13-14-7-2-1-3-8-14)11-6-12-22-18(24)15-9-4-5-10-16(15)21-19(22)25/h1-5,7-10H,6,11-13H2,(H,20,23)(H,21,25). The average molecular weight is 353 g/mol. The molecule has 6 heteroatoms. The number of H-pyrrole nitrogens is 1. The number of nitrogens with zero attached hydrogens (tertiary/aromatic N) is 1. The van der Waals surface area contributed by atoms with Crippen LogP contribution in [0.3, 0.4) is 0 Å². The molecular formula is C19H19N3O2S. The Bertz CT molecular complexity index is 993. The highest BCUT2D eigenvalue weighted by Crippen LogP contribution is 2.06. The van der Waals surface area contributed by atoms with E-state index in [0.29, 0.717) is 36.1 Å². The van der Waals surface area contributed by atoms with E-state index in [4.69, 9.17) is 12.2 Å². The molecule has 3 rings (SSSR count). The third-order valence-electron chi connectivity index (χ3n) is 4.01. The van der Waals surface area contributed by atoms with E-state index >= 15 is 0 Å². The molecule has 0 aliphatic heterocycles. The molecule has 0 spiro atoms. The first-order chi connectivity index (χ1) is 12.1. The summed E-state index contributed by atoms with van der Waals surface area (Å²) in [5, 5.41) is 3.49. The van der Waals surface area contributed by atoms with Gasteiger partial charge in [0.1, 0.15) is 0 Å². The van der Waals surface area contributed by atoms with Crippen LogP contribution in [0, 0.1) is 4.77 Å². The first kappa shape index (κ1) is 17.1. The van der Waals surface area contributed by atoms with Crippen LogP contribution in [-0.2, 0) is 17.9 Å². The van der Waals surface area contributed by atoms with Crippen molar-refractivity contribution in [1.29, 1.82) is 0 Å². The molecular weight excluding hydrogens is 334 g/mol. The fourth-order valence-electron chi connectivity index (χ4n) is 2.68. The Morgan fingerprint density at radius 1 is 1.08 bits per heavy atom. The van der Waals surface area contributed by atoms with Crippen LogP contribution >= 0.6 is 12.2 Å². The summed E-state index contributed by atoms with van der Waals surface area (Å²) in [5.74, 6) is -0.0346.